The van der Waals surface area contributed by atoms with Gasteiger partial charge < -0.3 is 14.8 Å². The smallest absolute Gasteiger partial charge is 0.269 e. The van der Waals surface area contributed by atoms with Gasteiger partial charge in [0.15, 0.2) is 0 Å². The van der Waals surface area contributed by atoms with Crippen LogP contribution in [-0.4, -0.2) is 36.8 Å². The average Bonchev–Trinajstić information content (AvgIpc) is 2.39. The van der Waals surface area contributed by atoms with E-state index in [1.807, 2.05) is 13.0 Å². The van der Waals surface area contributed by atoms with Gasteiger partial charge in [-0.3, -0.25) is 10.1 Å². The first-order chi connectivity index (χ1) is 9.15. The monoisotopic (exact) mass is 266 g/mol. The van der Waals surface area contributed by atoms with Crippen LogP contribution >= 0.6 is 0 Å². The van der Waals surface area contributed by atoms with Crippen molar-refractivity contribution in [3.05, 3.63) is 39.9 Å². The van der Waals surface area contributed by atoms with Crippen molar-refractivity contribution in [2.45, 2.75) is 25.7 Å². The molecular formula is C13H18N2O4. The maximum absolute atomic E-state index is 10.6. The standard InChI is InChI=1S/C13H18N2O4/c1-10-6-14-7-13(19-10)9-18-8-11-3-2-4-12(5-11)15(16)17/h2-5,10,13-14H,6-9H2,1H3. The zero-order valence-corrected chi connectivity index (χ0v) is 10.9. The highest BCUT2D eigenvalue weighted by molar-refractivity contribution is 5.33. The molecule has 0 saturated carbocycles. The molecule has 1 aromatic rings. The third-order valence-corrected chi connectivity index (χ3v) is 2.92. The fraction of sp³-hybridized carbons (Fsp3) is 0.538. The Morgan fingerprint density at radius 2 is 2.37 bits per heavy atom. The van der Waals surface area contributed by atoms with Crippen LogP contribution in [0.15, 0.2) is 24.3 Å². The number of nitrogens with one attached hydrogen (secondary N) is 1. The Morgan fingerprint density at radius 1 is 1.53 bits per heavy atom. The Hall–Kier alpha value is -1.50. The van der Waals surface area contributed by atoms with E-state index in [2.05, 4.69) is 5.32 Å². The van der Waals surface area contributed by atoms with Crippen LogP contribution < -0.4 is 5.32 Å². The molecule has 0 aliphatic carbocycles. The van der Waals surface area contributed by atoms with Crippen LogP contribution in [0.4, 0.5) is 5.69 Å². The van der Waals surface area contributed by atoms with Crippen molar-refractivity contribution in [2.24, 2.45) is 0 Å². The van der Waals surface area contributed by atoms with Crippen molar-refractivity contribution in [1.82, 2.24) is 5.32 Å². The molecule has 0 bridgehead atoms. The molecule has 1 aliphatic rings. The van der Waals surface area contributed by atoms with Crippen molar-refractivity contribution in [3.8, 4) is 0 Å². The van der Waals surface area contributed by atoms with E-state index in [4.69, 9.17) is 9.47 Å². The van der Waals surface area contributed by atoms with E-state index in [1.54, 1.807) is 6.07 Å². The Balaban J connectivity index is 1.79. The van der Waals surface area contributed by atoms with Crippen molar-refractivity contribution < 1.29 is 14.4 Å². The summed E-state index contributed by atoms with van der Waals surface area (Å²) in [5.74, 6) is 0. The van der Waals surface area contributed by atoms with Crippen LogP contribution in [-0.2, 0) is 16.1 Å². The summed E-state index contributed by atoms with van der Waals surface area (Å²) in [6, 6.07) is 6.48. The highest BCUT2D eigenvalue weighted by atomic mass is 16.6. The van der Waals surface area contributed by atoms with E-state index in [0.29, 0.717) is 13.2 Å². The van der Waals surface area contributed by atoms with Gasteiger partial charge in [-0.05, 0) is 12.5 Å². The number of nitrogens with zero attached hydrogens (tertiary/aromatic N) is 1. The molecule has 1 aliphatic heterocycles. The molecule has 1 fully saturated rings. The predicted octanol–water partition coefficient (Wildman–Crippen LogP) is 1.49. The fourth-order valence-electron chi connectivity index (χ4n) is 2.04. The molecule has 2 rings (SSSR count). The van der Waals surface area contributed by atoms with E-state index in [9.17, 15) is 10.1 Å². The number of nitro benzene ring substituents is 1. The van der Waals surface area contributed by atoms with Crippen LogP contribution in [0, 0.1) is 10.1 Å². The summed E-state index contributed by atoms with van der Waals surface area (Å²) in [4.78, 5) is 10.2. The molecule has 19 heavy (non-hydrogen) atoms. The van der Waals surface area contributed by atoms with Gasteiger partial charge >= 0.3 is 0 Å². The van der Waals surface area contributed by atoms with Crippen LogP contribution in [0.25, 0.3) is 0 Å². The molecule has 6 heteroatoms. The zero-order chi connectivity index (χ0) is 13.7. The Morgan fingerprint density at radius 3 is 3.11 bits per heavy atom. The summed E-state index contributed by atoms with van der Waals surface area (Å²) in [5.41, 5.74) is 0.885. The first-order valence-electron chi connectivity index (χ1n) is 6.32. The highest BCUT2D eigenvalue weighted by Crippen LogP contribution is 2.14. The lowest BCUT2D eigenvalue weighted by molar-refractivity contribution is -0.384. The fourth-order valence-corrected chi connectivity index (χ4v) is 2.04. The van der Waals surface area contributed by atoms with Crippen LogP contribution in [0.2, 0.25) is 0 Å². The Kier molecular flexibility index (Phi) is 4.84. The topological polar surface area (TPSA) is 73.6 Å². The number of non-ortho nitro benzene ring substituents is 1. The van der Waals surface area contributed by atoms with Crippen molar-refractivity contribution in [2.75, 3.05) is 19.7 Å². The minimum atomic E-state index is -0.403. The van der Waals surface area contributed by atoms with Gasteiger partial charge in [-0.2, -0.15) is 0 Å². The van der Waals surface area contributed by atoms with Crippen molar-refractivity contribution >= 4 is 5.69 Å². The van der Waals surface area contributed by atoms with Gasteiger partial charge in [0.2, 0.25) is 0 Å². The number of morpholine rings is 1. The first-order valence-corrected chi connectivity index (χ1v) is 6.32. The van der Waals surface area contributed by atoms with Gasteiger partial charge in [-0.1, -0.05) is 12.1 Å². The first kappa shape index (κ1) is 13.9. The summed E-state index contributed by atoms with van der Waals surface area (Å²) in [6.07, 6.45) is 0.239. The number of rotatable bonds is 5. The molecule has 6 nitrogen and oxygen atoms in total. The van der Waals surface area contributed by atoms with E-state index < -0.39 is 4.92 Å². The quantitative estimate of drug-likeness (QED) is 0.645. The van der Waals surface area contributed by atoms with E-state index in [0.717, 1.165) is 18.7 Å². The lowest BCUT2D eigenvalue weighted by Crippen LogP contribution is -2.45. The number of nitro groups is 1. The van der Waals surface area contributed by atoms with Crippen molar-refractivity contribution in [3.63, 3.8) is 0 Å². The van der Waals surface area contributed by atoms with Gasteiger partial charge in [0.05, 0.1) is 30.3 Å². The molecule has 0 spiro atoms. The second-order valence-corrected chi connectivity index (χ2v) is 4.67. The van der Waals surface area contributed by atoms with Crippen LogP contribution in [0.1, 0.15) is 12.5 Å². The third-order valence-electron chi connectivity index (χ3n) is 2.92. The number of ether oxygens (including phenoxy) is 2. The molecule has 0 amide bonds. The average molecular weight is 266 g/mol. The summed E-state index contributed by atoms with van der Waals surface area (Å²) in [5, 5.41) is 13.9. The highest BCUT2D eigenvalue weighted by Gasteiger charge is 2.18. The van der Waals surface area contributed by atoms with E-state index in [-0.39, 0.29) is 17.9 Å². The largest absolute Gasteiger partial charge is 0.374 e. The molecule has 2 unspecified atom stereocenters. The third kappa shape index (κ3) is 4.27. The van der Waals surface area contributed by atoms with E-state index >= 15 is 0 Å². The molecule has 1 N–H and O–H groups in total. The molecular weight excluding hydrogens is 248 g/mol. The van der Waals surface area contributed by atoms with Crippen molar-refractivity contribution in [1.29, 1.82) is 0 Å². The molecule has 2 atom stereocenters. The number of hydrogen-bond acceptors (Lipinski definition) is 5. The molecule has 0 radical (unpaired) electrons. The Bertz CT molecular complexity index is 438. The summed E-state index contributed by atoms with van der Waals surface area (Å²) in [7, 11) is 0. The van der Waals surface area contributed by atoms with Crippen LogP contribution in [0.3, 0.4) is 0 Å². The normalized spacial score (nSPS) is 23.2. The molecule has 0 aromatic heterocycles. The summed E-state index contributed by atoms with van der Waals surface area (Å²) < 4.78 is 11.2. The van der Waals surface area contributed by atoms with E-state index in [1.165, 1.54) is 12.1 Å². The second kappa shape index (κ2) is 6.60. The summed E-state index contributed by atoms with van der Waals surface area (Å²) in [6.45, 7) is 4.50. The van der Waals surface area contributed by atoms with Crippen LogP contribution in [0.5, 0.6) is 0 Å². The van der Waals surface area contributed by atoms with Gasteiger partial charge in [0.25, 0.3) is 5.69 Å². The second-order valence-electron chi connectivity index (χ2n) is 4.67. The summed E-state index contributed by atoms with van der Waals surface area (Å²) >= 11 is 0. The number of hydrogen-bond donors (Lipinski definition) is 1. The minimum Gasteiger partial charge on any atom is -0.374 e. The molecule has 1 aromatic carbocycles. The zero-order valence-electron chi connectivity index (χ0n) is 10.9. The number of benzene rings is 1. The molecule has 104 valence electrons. The molecule has 1 saturated heterocycles. The maximum Gasteiger partial charge on any atom is 0.269 e. The minimum absolute atomic E-state index is 0.0439. The van der Waals surface area contributed by atoms with Gasteiger partial charge in [0.1, 0.15) is 0 Å². The maximum atomic E-state index is 10.6. The predicted molar refractivity (Wildman–Crippen MR) is 70.0 cm³/mol. The van der Waals surface area contributed by atoms with Gasteiger partial charge in [-0.25, -0.2) is 0 Å². The lowest BCUT2D eigenvalue weighted by atomic mass is 10.2. The lowest BCUT2D eigenvalue weighted by Gasteiger charge is -2.28. The van der Waals surface area contributed by atoms with Gasteiger partial charge in [0, 0.05) is 25.2 Å². The van der Waals surface area contributed by atoms with Gasteiger partial charge in [-0.15, -0.1) is 0 Å². The molecule has 1 heterocycles. The Labute approximate surface area is 111 Å². The SMILES string of the molecule is CC1CNCC(COCc2cccc([N+](=O)[O-])c2)O1.